The minimum atomic E-state index is -0.304. The molecule has 0 spiro atoms. The number of benzene rings is 1. The van der Waals surface area contributed by atoms with E-state index in [4.69, 9.17) is 23.7 Å². The zero-order valence-electron chi connectivity index (χ0n) is 18.2. The number of fused-ring (bicyclic) bond motifs is 4. The summed E-state index contributed by atoms with van der Waals surface area (Å²) in [6.07, 6.45) is 2.09. The van der Waals surface area contributed by atoms with E-state index in [2.05, 4.69) is 4.98 Å². The topological polar surface area (TPSA) is 81.0 Å². The average Bonchev–Trinajstić information content (AvgIpc) is 2.83. The van der Waals surface area contributed by atoms with Gasteiger partial charge < -0.3 is 28.3 Å². The van der Waals surface area contributed by atoms with E-state index >= 15 is 0 Å². The molecular weight excluding hydrogens is 412 g/mol. The lowest BCUT2D eigenvalue weighted by Crippen LogP contribution is -2.35. The SMILES string of the molecule is COc1cc2c(cc1OC)-c1c(C)c(OC[C@H]3COc4ncccc4O3)cc(=O)n1CC2. The van der Waals surface area contributed by atoms with Gasteiger partial charge in [0, 0.05) is 29.9 Å². The summed E-state index contributed by atoms with van der Waals surface area (Å²) in [5, 5.41) is 0. The zero-order chi connectivity index (χ0) is 22.2. The molecule has 2 aliphatic rings. The molecule has 8 nitrogen and oxygen atoms in total. The second-order valence-corrected chi connectivity index (χ2v) is 7.75. The van der Waals surface area contributed by atoms with E-state index < -0.39 is 0 Å². The standard InChI is InChI=1S/C24H24N2O6/c1-14-19(30-12-16-13-31-24-18(32-16)5-4-7-25-24)11-22(27)26-8-6-15-9-20(28-2)21(29-3)10-17(15)23(14)26/h4-5,7,9-11,16H,6,8,12-13H2,1-3H3/t16-/m0/s1. The van der Waals surface area contributed by atoms with Crippen LogP contribution in [0.5, 0.6) is 28.9 Å². The number of methoxy groups -OCH3 is 2. The van der Waals surface area contributed by atoms with Crippen LogP contribution in [0, 0.1) is 6.92 Å². The van der Waals surface area contributed by atoms with E-state index in [9.17, 15) is 4.79 Å². The maximum atomic E-state index is 12.9. The lowest BCUT2D eigenvalue weighted by Gasteiger charge is -2.28. The van der Waals surface area contributed by atoms with Gasteiger partial charge in [-0.05, 0) is 43.2 Å². The lowest BCUT2D eigenvalue weighted by molar-refractivity contribution is 0.0498. The molecule has 0 amide bonds. The predicted molar refractivity (Wildman–Crippen MR) is 117 cm³/mol. The highest BCUT2D eigenvalue weighted by Gasteiger charge is 2.26. The number of rotatable bonds is 5. The van der Waals surface area contributed by atoms with Crippen molar-refractivity contribution in [2.75, 3.05) is 27.4 Å². The van der Waals surface area contributed by atoms with Crippen molar-refractivity contribution in [3.63, 3.8) is 0 Å². The van der Waals surface area contributed by atoms with E-state index in [-0.39, 0.29) is 18.3 Å². The van der Waals surface area contributed by atoms with Crippen LogP contribution in [0.3, 0.4) is 0 Å². The van der Waals surface area contributed by atoms with Crippen molar-refractivity contribution in [1.29, 1.82) is 0 Å². The fourth-order valence-corrected chi connectivity index (χ4v) is 4.25. The molecule has 0 unspecified atom stereocenters. The molecule has 0 fully saturated rings. The Bertz CT molecular complexity index is 1240. The molecule has 0 aliphatic carbocycles. The van der Waals surface area contributed by atoms with Crippen LogP contribution in [0.15, 0.2) is 41.3 Å². The molecule has 32 heavy (non-hydrogen) atoms. The number of ether oxygens (including phenoxy) is 5. The van der Waals surface area contributed by atoms with Gasteiger partial charge >= 0.3 is 0 Å². The molecule has 2 aliphatic heterocycles. The minimum absolute atomic E-state index is 0.101. The number of hydrogen-bond acceptors (Lipinski definition) is 7. The van der Waals surface area contributed by atoms with Crippen LogP contribution >= 0.6 is 0 Å². The number of pyridine rings is 2. The molecule has 0 N–H and O–H groups in total. The molecule has 4 heterocycles. The van der Waals surface area contributed by atoms with E-state index in [1.165, 1.54) is 0 Å². The summed E-state index contributed by atoms with van der Waals surface area (Å²) in [5.41, 5.74) is 3.68. The normalized spacial score (nSPS) is 16.0. The average molecular weight is 436 g/mol. The van der Waals surface area contributed by atoms with Crippen molar-refractivity contribution in [2.45, 2.75) is 26.0 Å². The van der Waals surface area contributed by atoms with Crippen LogP contribution in [0.4, 0.5) is 0 Å². The number of aryl methyl sites for hydroxylation is 1. The molecule has 0 saturated carbocycles. The van der Waals surface area contributed by atoms with Gasteiger partial charge in [-0.25, -0.2) is 4.98 Å². The highest BCUT2D eigenvalue weighted by atomic mass is 16.6. The summed E-state index contributed by atoms with van der Waals surface area (Å²) in [5.74, 6) is 2.90. The third-order valence-corrected chi connectivity index (χ3v) is 5.85. The van der Waals surface area contributed by atoms with Crippen molar-refractivity contribution >= 4 is 0 Å². The molecular formula is C24H24N2O6. The summed E-state index contributed by atoms with van der Waals surface area (Å²) >= 11 is 0. The number of nitrogens with zero attached hydrogens (tertiary/aromatic N) is 2. The molecule has 8 heteroatoms. The smallest absolute Gasteiger partial charge is 0.257 e. The van der Waals surface area contributed by atoms with Gasteiger partial charge in [0.05, 0.1) is 19.9 Å². The highest BCUT2D eigenvalue weighted by Crippen LogP contribution is 2.40. The molecule has 1 aromatic carbocycles. The second kappa shape index (κ2) is 8.11. The Hall–Kier alpha value is -3.68. The van der Waals surface area contributed by atoms with E-state index in [0.29, 0.717) is 42.0 Å². The quantitative estimate of drug-likeness (QED) is 0.608. The van der Waals surface area contributed by atoms with Crippen LogP contribution in [0.1, 0.15) is 11.1 Å². The second-order valence-electron chi connectivity index (χ2n) is 7.75. The van der Waals surface area contributed by atoms with Gasteiger partial charge in [-0.15, -0.1) is 0 Å². The molecule has 2 aromatic heterocycles. The van der Waals surface area contributed by atoms with Crippen molar-refractivity contribution in [3.05, 3.63) is 58.0 Å². The van der Waals surface area contributed by atoms with Gasteiger partial charge in [0.15, 0.2) is 23.4 Å². The first-order chi connectivity index (χ1) is 15.6. The fraction of sp³-hybridized carbons (Fsp3) is 0.333. The summed E-state index contributed by atoms with van der Waals surface area (Å²) in [6, 6.07) is 9.05. The Balaban J connectivity index is 1.46. The van der Waals surface area contributed by atoms with Crippen molar-refractivity contribution in [3.8, 4) is 40.1 Å². The van der Waals surface area contributed by atoms with Gasteiger partial charge in [0.25, 0.3) is 11.4 Å². The first kappa shape index (κ1) is 20.2. The van der Waals surface area contributed by atoms with Gasteiger partial charge in [-0.3, -0.25) is 4.79 Å². The van der Waals surface area contributed by atoms with Crippen LogP contribution in [0.2, 0.25) is 0 Å². The molecule has 166 valence electrons. The van der Waals surface area contributed by atoms with Gasteiger partial charge in [0.1, 0.15) is 19.0 Å². The first-order valence-electron chi connectivity index (χ1n) is 10.5. The van der Waals surface area contributed by atoms with Crippen molar-refractivity contribution in [2.24, 2.45) is 0 Å². The third kappa shape index (κ3) is 3.41. The largest absolute Gasteiger partial charge is 0.493 e. The van der Waals surface area contributed by atoms with E-state index in [1.54, 1.807) is 37.1 Å². The lowest BCUT2D eigenvalue weighted by atomic mass is 9.93. The third-order valence-electron chi connectivity index (χ3n) is 5.85. The molecule has 0 radical (unpaired) electrons. The molecule has 0 saturated heterocycles. The van der Waals surface area contributed by atoms with Crippen LogP contribution in [-0.4, -0.2) is 43.1 Å². The van der Waals surface area contributed by atoms with Crippen LogP contribution < -0.4 is 29.2 Å². The Morgan fingerprint density at radius 3 is 2.78 bits per heavy atom. The maximum Gasteiger partial charge on any atom is 0.257 e. The Kier molecular flexibility index (Phi) is 5.13. The summed E-state index contributed by atoms with van der Waals surface area (Å²) in [7, 11) is 3.22. The van der Waals surface area contributed by atoms with Crippen molar-refractivity contribution in [1.82, 2.24) is 9.55 Å². The van der Waals surface area contributed by atoms with Crippen LogP contribution in [-0.2, 0) is 13.0 Å². The van der Waals surface area contributed by atoms with Gasteiger partial charge in [-0.1, -0.05) is 0 Å². The highest BCUT2D eigenvalue weighted by molar-refractivity contribution is 5.74. The Morgan fingerprint density at radius 2 is 1.97 bits per heavy atom. The van der Waals surface area contributed by atoms with Crippen molar-refractivity contribution < 1.29 is 23.7 Å². The maximum absolute atomic E-state index is 12.9. The minimum Gasteiger partial charge on any atom is -0.493 e. The number of aromatic nitrogens is 2. The van der Waals surface area contributed by atoms with Gasteiger partial charge in [-0.2, -0.15) is 0 Å². The molecule has 1 atom stereocenters. The predicted octanol–water partition coefficient (Wildman–Crippen LogP) is 3.01. The summed E-state index contributed by atoms with van der Waals surface area (Å²) < 4.78 is 30.4. The molecule has 0 bridgehead atoms. The number of hydrogen-bond donors (Lipinski definition) is 0. The Morgan fingerprint density at radius 1 is 1.16 bits per heavy atom. The fourth-order valence-electron chi connectivity index (χ4n) is 4.25. The first-order valence-corrected chi connectivity index (χ1v) is 10.5. The van der Waals surface area contributed by atoms with Gasteiger partial charge in [0.2, 0.25) is 0 Å². The summed E-state index contributed by atoms with van der Waals surface area (Å²) in [4.78, 5) is 17.0. The monoisotopic (exact) mass is 436 g/mol. The van der Waals surface area contributed by atoms with E-state index in [0.717, 1.165) is 28.8 Å². The Labute approximate surface area is 185 Å². The van der Waals surface area contributed by atoms with E-state index in [1.807, 2.05) is 25.1 Å². The molecule has 3 aromatic rings. The zero-order valence-corrected chi connectivity index (χ0v) is 18.2. The van der Waals surface area contributed by atoms with Crippen LogP contribution in [0.25, 0.3) is 11.3 Å². The molecule has 5 rings (SSSR count). The summed E-state index contributed by atoms with van der Waals surface area (Å²) in [6.45, 7) is 3.13.